The van der Waals surface area contributed by atoms with Gasteiger partial charge in [0.05, 0.1) is 6.54 Å². The van der Waals surface area contributed by atoms with Crippen molar-refractivity contribution in [3.8, 4) is 0 Å². The van der Waals surface area contributed by atoms with Gasteiger partial charge in [0.15, 0.2) is 0 Å². The van der Waals surface area contributed by atoms with Crippen LogP contribution in [0.4, 0.5) is 4.79 Å². The first-order valence-electron chi connectivity index (χ1n) is 9.46. The average Bonchev–Trinajstić information content (AvgIpc) is 2.66. The third-order valence-corrected chi connectivity index (χ3v) is 4.34. The zero-order chi connectivity index (χ0) is 19.6. The summed E-state index contributed by atoms with van der Waals surface area (Å²) in [6.45, 7) is 5.04. The maximum Gasteiger partial charge on any atom is 0.410 e. The molecule has 146 valence electrons. The van der Waals surface area contributed by atoms with E-state index >= 15 is 0 Å². The SMILES string of the molecule is CC(C)CN(C[C@@H](O)[C@@H]([NH3+])Cc1ccccc1)C(=O)OCc1ccccc1. The van der Waals surface area contributed by atoms with E-state index in [-0.39, 0.29) is 25.1 Å². The molecule has 27 heavy (non-hydrogen) atoms. The molecule has 2 aromatic rings. The number of hydrogen-bond acceptors (Lipinski definition) is 3. The molecule has 0 aliphatic rings. The van der Waals surface area contributed by atoms with Gasteiger partial charge in [0.2, 0.25) is 0 Å². The monoisotopic (exact) mass is 371 g/mol. The summed E-state index contributed by atoms with van der Waals surface area (Å²) in [5, 5.41) is 10.6. The van der Waals surface area contributed by atoms with Gasteiger partial charge in [-0.1, -0.05) is 74.5 Å². The Morgan fingerprint density at radius 3 is 2.11 bits per heavy atom. The van der Waals surface area contributed by atoms with Crippen LogP contribution in [0.3, 0.4) is 0 Å². The van der Waals surface area contributed by atoms with Gasteiger partial charge in [0, 0.05) is 13.0 Å². The summed E-state index contributed by atoms with van der Waals surface area (Å²) in [5.74, 6) is 0.277. The van der Waals surface area contributed by atoms with Crippen molar-refractivity contribution >= 4 is 6.09 Å². The molecule has 1 amide bonds. The first-order valence-corrected chi connectivity index (χ1v) is 9.46. The van der Waals surface area contributed by atoms with Gasteiger partial charge in [-0.05, 0) is 17.0 Å². The number of amides is 1. The number of aliphatic hydroxyl groups excluding tert-OH is 1. The van der Waals surface area contributed by atoms with Crippen LogP contribution in [0.2, 0.25) is 0 Å². The van der Waals surface area contributed by atoms with Crippen molar-refractivity contribution in [3.05, 3.63) is 71.8 Å². The molecule has 0 heterocycles. The van der Waals surface area contributed by atoms with Crippen LogP contribution >= 0.6 is 0 Å². The number of aliphatic hydroxyl groups is 1. The van der Waals surface area contributed by atoms with E-state index in [1.54, 1.807) is 4.90 Å². The lowest BCUT2D eigenvalue weighted by Gasteiger charge is -2.27. The Labute approximate surface area is 161 Å². The third-order valence-electron chi connectivity index (χ3n) is 4.34. The number of carbonyl (C=O) groups excluding carboxylic acids is 1. The highest BCUT2D eigenvalue weighted by Gasteiger charge is 2.26. The molecule has 2 rings (SSSR count). The average molecular weight is 372 g/mol. The van der Waals surface area contributed by atoms with Gasteiger partial charge in [-0.25, -0.2) is 4.79 Å². The minimum Gasteiger partial charge on any atom is -0.445 e. The van der Waals surface area contributed by atoms with Crippen molar-refractivity contribution in [2.45, 2.75) is 39.0 Å². The van der Waals surface area contributed by atoms with E-state index in [1.165, 1.54) is 0 Å². The first-order chi connectivity index (χ1) is 13.0. The third kappa shape index (κ3) is 7.41. The molecular formula is C22H31N2O3+. The lowest BCUT2D eigenvalue weighted by Crippen LogP contribution is -2.69. The van der Waals surface area contributed by atoms with Gasteiger partial charge in [-0.15, -0.1) is 0 Å². The molecule has 0 spiro atoms. The van der Waals surface area contributed by atoms with Gasteiger partial charge in [-0.3, -0.25) is 0 Å². The molecule has 0 aliphatic heterocycles. The van der Waals surface area contributed by atoms with Crippen LogP contribution in [0.1, 0.15) is 25.0 Å². The van der Waals surface area contributed by atoms with Crippen LogP contribution in [0, 0.1) is 5.92 Å². The summed E-state index contributed by atoms with van der Waals surface area (Å²) in [6, 6.07) is 19.3. The maximum atomic E-state index is 12.5. The molecule has 2 aromatic carbocycles. The standard InChI is InChI=1S/C22H30N2O3/c1-17(2)14-24(22(26)27-16-19-11-7-4-8-12-19)15-21(25)20(23)13-18-9-5-3-6-10-18/h3-12,17,20-21,25H,13-16,23H2,1-2H3/p+1/t20-,21+/m0/s1. The van der Waals surface area contributed by atoms with E-state index in [9.17, 15) is 9.90 Å². The van der Waals surface area contributed by atoms with E-state index in [0.717, 1.165) is 11.1 Å². The Bertz CT molecular complexity index is 676. The highest BCUT2D eigenvalue weighted by atomic mass is 16.6. The lowest BCUT2D eigenvalue weighted by atomic mass is 10.0. The van der Waals surface area contributed by atoms with E-state index in [0.29, 0.717) is 13.0 Å². The topological polar surface area (TPSA) is 77.4 Å². The second kappa shape index (κ2) is 10.7. The minimum atomic E-state index is -0.715. The van der Waals surface area contributed by atoms with Gasteiger partial charge in [-0.2, -0.15) is 0 Å². The molecule has 4 N–H and O–H groups in total. The highest BCUT2D eigenvalue weighted by molar-refractivity contribution is 5.67. The fourth-order valence-corrected chi connectivity index (χ4v) is 2.90. The summed E-state index contributed by atoms with van der Waals surface area (Å²) in [6.07, 6.45) is -0.455. The number of rotatable bonds is 9. The number of ether oxygens (including phenoxy) is 1. The summed E-state index contributed by atoms with van der Waals surface area (Å²) < 4.78 is 5.45. The largest absolute Gasteiger partial charge is 0.445 e. The van der Waals surface area contributed by atoms with Gasteiger partial charge >= 0.3 is 6.09 Å². The van der Waals surface area contributed by atoms with Gasteiger partial charge in [0.1, 0.15) is 18.8 Å². The van der Waals surface area contributed by atoms with E-state index in [1.807, 2.05) is 74.5 Å². The van der Waals surface area contributed by atoms with Crippen molar-refractivity contribution in [1.82, 2.24) is 4.90 Å². The molecule has 0 unspecified atom stereocenters. The second-order valence-electron chi connectivity index (χ2n) is 7.36. The Kier molecular flexibility index (Phi) is 8.30. The quantitative estimate of drug-likeness (QED) is 0.711. The predicted octanol–water partition coefficient (Wildman–Crippen LogP) is 2.50. The van der Waals surface area contributed by atoms with Crippen molar-refractivity contribution in [1.29, 1.82) is 0 Å². The molecule has 0 saturated carbocycles. The normalized spacial score (nSPS) is 13.2. The summed E-state index contributed by atoms with van der Waals surface area (Å²) >= 11 is 0. The van der Waals surface area contributed by atoms with Crippen LogP contribution in [0.25, 0.3) is 0 Å². The molecule has 5 nitrogen and oxygen atoms in total. The number of hydrogen-bond donors (Lipinski definition) is 2. The number of quaternary nitrogens is 1. The summed E-state index contributed by atoms with van der Waals surface area (Å²) in [7, 11) is 0. The van der Waals surface area contributed by atoms with Crippen LogP contribution in [-0.2, 0) is 17.8 Å². The molecule has 0 aliphatic carbocycles. The number of nitrogens with zero attached hydrogens (tertiary/aromatic N) is 1. The molecule has 0 bridgehead atoms. The number of benzene rings is 2. The summed E-state index contributed by atoms with van der Waals surface area (Å²) in [4.78, 5) is 14.1. The second-order valence-corrected chi connectivity index (χ2v) is 7.36. The smallest absolute Gasteiger partial charge is 0.410 e. The molecule has 0 fully saturated rings. The molecule has 0 radical (unpaired) electrons. The van der Waals surface area contributed by atoms with Crippen LogP contribution in [0.15, 0.2) is 60.7 Å². The first kappa shape index (κ1) is 20.9. The van der Waals surface area contributed by atoms with Crippen LogP contribution in [0.5, 0.6) is 0 Å². The molecule has 0 aromatic heterocycles. The van der Waals surface area contributed by atoms with Crippen molar-refractivity contribution in [2.75, 3.05) is 13.1 Å². The molecule has 0 saturated heterocycles. The zero-order valence-corrected chi connectivity index (χ0v) is 16.3. The van der Waals surface area contributed by atoms with Crippen LogP contribution in [-0.4, -0.2) is 41.3 Å². The minimum absolute atomic E-state index is 0.205. The van der Waals surface area contributed by atoms with Gasteiger partial charge < -0.3 is 20.5 Å². The number of carbonyl (C=O) groups is 1. The van der Waals surface area contributed by atoms with Crippen molar-refractivity contribution in [3.63, 3.8) is 0 Å². The van der Waals surface area contributed by atoms with Crippen molar-refractivity contribution in [2.24, 2.45) is 5.92 Å². The van der Waals surface area contributed by atoms with Crippen LogP contribution < -0.4 is 5.73 Å². The van der Waals surface area contributed by atoms with E-state index in [4.69, 9.17) is 4.74 Å². The Morgan fingerprint density at radius 2 is 1.56 bits per heavy atom. The molecule has 5 heteroatoms. The molecule has 2 atom stereocenters. The Hall–Kier alpha value is -2.37. The summed E-state index contributed by atoms with van der Waals surface area (Å²) in [5.41, 5.74) is 6.15. The highest BCUT2D eigenvalue weighted by Crippen LogP contribution is 2.09. The molecular weight excluding hydrogens is 340 g/mol. The van der Waals surface area contributed by atoms with E-state index < -0.39 is 12.2 Å². The van der Waals surface area contributed by atoms with Gasteiger partial charge in [0.25, 0.3) is 0 Å². The Balaban J connectivity index is 1.92. The maximum absolute atomic E-state index is 12.5. The van der Waals surface area contributed by atoms with E-state index in [2.05, 4.69) is 5.73 Å². The Morgan fingerprint density at radius 1 is 1.00 bits per heavy atom. The predicted molar refractivity (Wildman–Crippen MR) is 106 cm³/mol. The fourth-order valence-electron chi connectivity index (χ4n) is 2.90. The lowest BCUT2D eigenvalue weighted by molar-refractivity contribution is -0.437. The van der Waals surface area contributed by atoms with Crippen molar-refractivity contribution < 1.29 is 20.4 Å². The zero-order valence-electron chi connectivity index (χ0n) is 16.3. The fraction of sp³-hybridized carbons (Fsp3) is 0.409.